The molecule has 0 atom stereocenters. The van der Waals surface area contributed by atoms with Crippen molar-refractivity contribution < 1.29 is 4.79 Å². The van der Waals surface area contributed by atoms with Gasteiger partial charge >= 0.3 is 0 Å². The maximum Gasteiger partial charge on any atom is 0.236 e. The van der Waals surface area contributed by atoms with Crippen LogP contribution in [-0.2, 0) is 4.79 Å². The fraction of sp³-hybridized carbons (Fsp3) is 0.0714. The van der Waals surface area contributed by atoms with Gasteiger partial charge in [0.15, 0.2) is 10.3 Å². The van der Waals surface area contributed by atoms with E-state index in [-0.39, 0.29) is 5.91 Å². The molecule has 3 aromatic rings. The van der Waals surface area contributed by atoms with Crippen LogP contribution in [0.5, 0.6) is 0 Å². The minimum absolute atomic E-state index is 0.0902. The lowest BCUT2D eigenvalue weighted by Crippen LogP contribution is -2.13. The molecule has 1 amide bonds. The lowest BCUT2D eigenvalue weighted by atomic mass is 10.2. The fourth-order valence-electron chi connectivity index (χ4n) is 1.72. The molecule has 2 aromatic heterocycles. The van der Waals surface area contributed by atoms with Crippen molar-refractivity contribution in [3.05, 3.63) is 48.1 Å². The minimum atomic E-state index is -0.0902. The highest BCUT2D eigenvalue weighted by molar-refractivity contribution is 7.99. The maximum atomic E-state index is 11.8. The number of H-pyrrole nitrogens is 1. The number of thiazole rings is 1. The normalized spacial score (nSPS) is 10.5. The Bertz CT molecular complexity index is 710. The number of aromatic nitrogens is 3. The van der Waals surface area contributed by atoms with E-state index in [9.17, 15) is 4.79 Å². The van der Waals surface area contributed by atoms with Crippen LogP contribution in [0.1, 0.15) is 0 Å². The van der Waals surface area contributed by atoms with Gasteiger partial charge in [-0.25, -0.2) is 9.97 Å². The number of hydrogen-bond donors (Lipinski definition) is 2. The van der Waals surface area contributed by atoms with Gasteiger partial charge in [0.25, 0.3) is 0 Å². The van der Waals surface area contributed by atoms with E-state index in [4.69, 9.17) is 0 Å². The van der Waals surface area contributed by atoms with Crippen LogP contribution in [0.25, 0.3) is 11.3 Å². The van der Waals surface area contributed by atoms with Crippen molar-refractivity contribution in [1.82, 2.24) is 15.0 Å². The van der Waals surface area contributed by atoms with E-state index in [2.05, 4.69) is 20.3 Å². The van der Waals surface area contributed by atoms with Gasteiger partial charge in [0, 0.05) is 11.6 Å². The highest BCUT2D eigenvalue weighted by Crippen LogP contribution is 2.21. The number of imidazole rings is 1. The molecule has 5 nitrogen and oxygen atoms in total. The molecular formula is C14H12N4OS2. The standard InChI is InChI=1S/C14H12N4OS2/c19-12(18-13-15-6-7-20-13)9-21-14-16-8-11(17-14)10-4-2-1-3-5-10/h1-8H,9H2,(H,16,17)(H,15,18,19). The second kappa shape index (κ2) is 6.55. The predicted molar refractivity (Wildman–Crippen MR) is 85.5 cm³/mol. The van der Waals surface area contributed by atoms with Gasteiger partial charge in [0.2, 0.25) is 5.91 Å². The van der Waals surface area contributed by atoms with Gasteiger partial charge in [-0.1, -0.05) is 42.1 Å². The zero-order chi connectivity index (χ0) is 14.5. The highest BCUT2D eigenvalue weighted by Gasteiger charge is 2.08. The molecule has 7 heteroatoms. The third-order valence-corrected chi connectivity index (χ3v) is 4.23. The SMILES string of the molecule is O=C(CSc1ncc(-c2ccccc2)[nH]1)Nc1nccs1. The van der Waals surface area contributed by atoms with Gasteiger partial charge in [0.1, 0.15) is 0 Å². The highest BCUT2D eigenvalue weighted by atomic mass is 32.2. The van der Waals surface area contributed by atoms with E-state index in [0.29, 0.717) is 10.9 Å². The van der Waals surface area contributed by atoms with Crippen LogP contribution in [0.15, 0.2) is 53.3 Å². The summed E-state index contributed by atoms with van der Waals surface area (Å²) >= 11 is 2.76. The third kappa shape index (κ3) is 3.71. The van der Waals surface area contributed by atoms with Crippen LogP contribution >= 0.6 is 23.1 Å². The number of amides is 1. The molecule has 106 valence electrons. The van der Waals surface area contributed by atoms with Crippen molar-refractivity contribution in [3.8, 4) is 11.3 Å². The molecule has 0 aliphatic heterocycles. The summed E-state index contributed by atoms with van der Waals surface area (Å²) in [6, 6.07) is 9.95. The fourth-order valence-corrected chi connectivity index (χ4v) is 2.91. The van der Waals surface area contributed by atoms with Crippen LogP contribution in [0.2, 0.25) is 0 Å². The number of carbonyl (C=O) groups excluding carboxylic acids is 1. The summed E-state index contributed by atoms with van der Waals surface area (Å²) in [5.41, 5.74) is 2.02. The Morgan fingerprint density at radius 2 is 2.14 bits per heavy atom. The molecule has 0 saturated carbocycles. The van der Waals surface area contributed by atoms with Crippen molar-refractivity contribution in [3.63, 3.8) is 0 Å². The second-order valence-corrected chi connectivity index (χ2v) is 6.00. The molecule has 0 fully saturated rings. The summed E-state index contributed by atoms with van der Waals surface area (Å²) in [5.74, 6) is 0.203. The lowest BCUT2D eigenvalue weighted by Gasteiger charge is -2.00. The smallest absolute Gasteiger partial charge is 0.236 e. The van der Waals surface area contributed by atoms with E-state index in [1.807, 2.05) is 35.7 Å². The number of nitrogens with one attached hydrogen (secondary N) is 2. The zero-order valence-corrected chi connectivity index (χ0v) is 12.6. The zero-order valence-electron chi connectivity index (χ0n) is 10.9. The second-order valence-electron chi connectivity index (χ2n) is 4.14. The summed E-state index contributed by atoms with van der Waals surface area (Å²) in [7, 11) is 0. The van der Waals surface area contributed by atoms with E-state index in [1.165, 1.54) is 23.1 Å². The molecule has 0 radical (unpaired) electrons. The first-order chi connectivity index (χ1) is 10.3. The molecule has 3 rings (SSSR count). The van der Waals surface area contributed by atoms with Crippen molar-refractivity contribution in [2.24, 2.45) is 0 Å². The van der Waals surface area contributed by atoms with Crippen LogP contribution in [-0.4, -0.2) is 26.6 Å². The molecule has 2 heterocycles. The Balaban J connectivity index is 1.56. The molecule has 0 unspecified atom stereocenters. The number of aromatic amines is 1. The topological polar surface area (TPSA) is 70.7 Å². The summed E-state index contributed by atoms with van der Waals surface area (Å²) in [6.07, 6.45) is 3.43. The first-order valence-corrected chi connectivity index (χ1v) is 8.10. The van der Waals surface area contributed by atoms with E-state index >= 15 is 0 Å². The van der Waals surface area contributed by atoms with Gasteiger partial charge in [-0.3, -0.25) is 4.79 Å². The Morgan fingerprint density at radius 3 is 2.90 bits per heavy atom. The quantitative estimate of drug-likeness (QED) is 0.709. The number of hydrogen-bond acceptors (Lipinski definition) is 5. The van der Waals surface area contributed by atoms with Gasteiger partial charge < -0.3 is 10.3 Å². The van der Waals surface area contributed by atoms with E-state index in [0.717, 1.165) is 16.4 Å². The molecule has 0 aliphatic carbocycles. The molecule has 0 spiro atoms. The largest absolute Gasteiger partial charge is 0.333 e. The van der Waals surface area contributed by atoms with E-state index < -0.39 is 0 Å². The first-order valence-electron chi connectivity index (χ1n) is 6.24. The molecule has 1 aromatic carbocycles. The molecule has 0 saturated heterocycles. The number of nitrogens with zero attached hydrogens (tertiary/aromatic N) is 2. The van der Waals surface area contributed by atoms with Gasteiger partial charge in [0.05, 0.1) is 17.6 Å². The third-order valence-electron chi connectivity index (χ3n) is 2.66. The monoisotopic (exact) mass is 316 g/mol. The van der Waals surface area contributed by atoms with Crippen molar-refractivity contribution in [1.29, 1.82) is 0 Å². The lowest BCUT2D eigenvalue weighted by molar-refractivity contribution is -0.113. The average Bonchev–Trinajstić information content (AvgIpc) is 3.17. The Kier molecular flexibility index (Phi) is 4.32. The molecule has 0 bridgehead atoms. The van der Waals surface area contributed by atoms with Gasteiger partial charge in [-0.05, 0) is 5.56 Å². The Labute approximate surface area is 129 Å². The Hall–Kier alpha value is -2.12. The van der Waals surface area contributed by atoms with Crippen LogP contribution in [0.4, 0.5) is 5.13 Å². The maximum absolute atomic E-state index is 11.8. The number of rotatable bonds is 5. The predicted octanol–water partition coefficient (Wildman–Crippen LogP) is 3.26. The van der Waals surface area contributed by atoms with Crippen molar-refractivity contribution in [2.45, 2.75) is 5.16 Å². The molecular weight excluding hydrogens is 304 g/mol. The van der Waals surface area contributed by atoms with Gasteiger partial charge in [-0.15, -0.1) is 11.3 Å². The minimum Gasteiger partial charge on any atom is -0.333 e. The Morgan fingerprint density at radius 1 is 1.29 bits per heavy atom. The number of thioether (sulfide) groups is 1. The molecule has 0 aliphatic rings. The summed E-state index contributed by atoms with van der Waals surface area (Å²) < 4.78 is 0. The molecule has 2 N–H and O–H groups in total. The first kappa shape index (κ1) is 13.8. The average molecular weight is 316 g/mol. The van der Waals surface area contributed by atoms with Crippen molar-refractivity contribution in [2.75, 3.05) is 11.1 Å². The van der Waals surface area contributed by atoms with E-state index in [1.54, 1.807) is 12.4 Å². The van der Waals surface area contributed by atoms with Crippen LogP contribution in [0, 0.1) is 0 Å². The van der Waals surface area contributed by atoms with Crippen molar-refractivity contribution >= 4 is 34.1 Å². The van der Waals surface area contributed by atoms with Gasteiger partial charge in [-0.2, -0.15) is 0 Å². The van der Waals surface area contributed by atoms with Crippen LogP contribution < -0.4 is 5.32 Å². The number of benzene rings is 1. The number of carbonyl (C=O) groups is 1. The van der Waals surface area contributed by atoms with Crippen LogP contribution in [0.3, 0.4) is 0 Å². The summed E-state index contributed by atoms with van der Waals surface area (Å²) in [4.78, 5) is 23.2. The number of anilines is 1. The summed E-state index contributed by atoms with van der Waals surface area (Å²) in [6.45, 7) is 0. The summed E-state index contributed by atoms with van der Waals surface area (Å²) in [5, 5.41) is 5.90. The molecule has 21 heavy (non-hydrogen) atoms.